The van der Waals surface area contributed by atoms with Gasteiger partial charge < -0.3 is 5.32 Å². The Labute approximate surface area is 63.7 Å². The Morgan fingerprint density at radius 3 is 2.36 bits per heavy atom. The quantitative estimate of drug-likeness (QED) is 0.376. The molecule has 11 heavy (non-hydrogen) atoms. The van der Waals surface area contributed by atoms with E-state index in [0.29, 0.717) is 12.8 Å². The number of nitrogens with one attached hydrogen (secondary N) is 2. The first-order chi connectivity index (χ1) is 5.12. The molecule has 2 rings (SSSR count). The Morgan fingerprint density at radius 2 is 2.00 bits per heavy atom. The smallest absolute Gasteiger partial charge is 0.322 e. The number of rotatable bonds is 0. The van der Waals surface area contributed by atoms with Crippen LogP contribution in [-0.2, 0) is 4.79 Å². The molecule has 1 spiro atoms. The van der Waals surface area contributed by atoms with Gasteiger partial charge in [0.2, 0.25) is 0 Å². The van der Waals surface area contributed by atoms with Gasteiger partial charge in [0.15, 0.2) is 0 Å². The molecule has 1 saturated carbocycles. The lowest BCUT2D eigenvalue weighted by molar-refractivity contribution is -0.125. The molecule has 1 aliphatic carbocycles. The molecule has 58 valence electrons. The molecule has 0 aromatic carbocycles. The molecule has 1 heterocycles. The summed E-state index contributed by atoms with van der Waals surface area (Å²) in [7, 11) is 0. The zero-order chi connectivity index (χ0) is 8.06. The second-order valence-electron chi connectivity index (χ2n) is 3.09. The highest BCUT2D eigenvalue weighted by Gasteiger charge is 2.52. The molecular formula is C7H8N2O2. The number of imide groups is 1. The van der Waals surface area contributed by atoms with Crippen LogP contribution < -0.4 is 10.6 Å². The van der Waals surface area contributed by atoms with Gasteiger partial charge in [-0.3, -0.25) is 10.1 Å². The molecule has 4 nitrogen and oxygen atoms in total. The van der Waals surface area contributed by atoms with Gasteiger partial charge in [-0.2, -0.15) is 0 Å². The van der Waals surface area contributed by atoms with Crippen molar-refractivity contribution in [1.29, 1.82) is 0 Å². The maximum atomic E-state index is 11.1. The van der Waals surface area contributed by atoms with Crippen molar-refractivity contribution in [2.45, 2.75) is 18.4 Å². The predicted molar refractivity (Wildman–Crippen MR) is 37.8 cm³/mol. The van der Waals surface area contributed by atoms with E-state index < -0.39 is 5.54 Å². The van der Waals surface area contributed by atoms with E-state index in [1.165, 1.54) is 0 Å². The molecular weight excluding hydrogens is 144 g/mol. The number of urea groups is 1. The molecule has 0 aromatic rings. The minimum absolute atomic E-state index is 0.213. The van der Waals surface area contributed by atoms with Crippen molar-refractivity contribution in [2.24, 2.45) is 0 Å². The standard InChI is InChI=1S/C7H8N2O2/c1-4-2-7(3-4)5(10)8-6(11)9-7/h1-3H2,(H2,8,9,10,11). The Balaban J connectivity index is 2.22. The van der Waals surface area contributed by atoms with Crippen molar-refractivity contribution in [2.75, 3.05) is 0 Å². The van der Waals surface area contributed by atoms with E-state index in [0.717, 1.165) is 5.57 Å². The normalized spacial score (nSPS) is 26.4. The van der Waals surface area contributed by atoms with E-state index in [-0.39, 0.29) is 11.9 Å². The van der Waals surface area contributed by atoms with Crippen LogP contribution in [0.4, 0.5) is 4.79 Å². The molecule has 0 aromatic heterocycles. The second kappa shape index (κ2) is 1.64. The highest BCUT2D eigenvalue weighted by Crippen LogP contribution is 2.37. The molecule has 4 heteroatoms. The van der Waals surface area contributed by atoms with E-state index in [1.807, 2.05) is 0 Å². The van der Waals surface area contributed by atoms with Crippen LogP contribution in [0.5, 0.6) is 0 Å². The van der Waals surface area contributed by atoms with Crippen LogP contribution in [0.15, 0.2) is 12.2 Å². The highest BCUT2D eigenvalue weighted by molar-refractivity contribution is 6.08. The fourth-order valence-electron chi connectivity index (χ4n) is 1.58. The molecule has 2 aliphatic rings. The SMILES string of the molecule is C=C1CC2(C1)NC(=O)NC2=O. The monoisotopic (exact) mass is 152 g/mol. The van der Waals surface area contributed by atoms with Crippen LogP contribution >= 0.6 is 0 Å². The fourth-order valence-corrected chi connectivity index (χ4v) is 1.58. The summed E-state index contributed by atoms with van der Waals surface area (Å²) in [6, 6.07) is -0.387. The van der Waals surface area contributed by atoms with Crippen LogP contribution in [-0.4, -0.2) is 17.5 Å². The molecule has 0 radical (unpaired) electrons. The number of carbonyl (C=O) groups excluding carboxylic acids is 2. The third-order valence-electron chi connectivity index (χ3n) is 2.12. The number of amides is 3. The summed E-state index contributed by atoms with van der Waals surface area (Å²) in [6.45, 7) is 3.71. The Morgan fingerprint density at radius 1 is 1.36 bits per heavy atom. The second-order valence-corrected chi connectivity index (χ2v) is 3.09. The van der Waals surface area contributed by atoms with E-state index in [1.54, 1.807) is 0 Å². The third kappa shape index (κ3) is 0.691. The molecule has 0 atom stereocenters. The largest absolute Gasteiger partial charge is 0.323 e. The van der Waals surface area contributed by atoms with Crippen LogP contribution in [0, 0.1) is 0 Å². The average Bonchev–Trinajstić information content (AvgIpc) is 2.06. The number of carbonyl (C=O) groups is 2. The Hall–Kier alpha value is -1.32. The summed E-state index contributed by atoms with van der Waals surface area (Å²) in [6.07, 6.45) is 1.18. The van der Waals surface area contributed by atoms with Gasteiger partial charge in [0.25, 0.3) is 5.91 Å². The van der Waals surface area contributed by atoms with E-state index >= 15 is 0 Å². The molecule has 1 saturated heterocycles. The topological polar surface area (TPSA) is 58.2 Å². The summed E-state index contributed by atoms with van der Waals surface area (Å²) < 4.78 is 0. The lowest BCUT2D eigenvalue weighted by atomic mass is 9.73. The molecule has 0 unspecified atom stereocenters. The van der Waals surface area contributed by atoms with Gasteiger partial charge in [0.1, 0.15) is 5.54 Å². The van der Waals surface area contributed by atoms with Crippen LogP contribution in [0.1, 0.15) is 12.8 Å². The van der Waals surface area contributed by atoms with E-state index in [4.69, 9.17) is 0 Å². The summed E-state index contributed by atoms with van der Waals surface area (Å²) in [5.74, 6) is -0.213. The van der Waals surface area contributed by atoms with Gasteiger partial charge in [-0.15, -0.1) is 0 Å². The van der Waals surface area contributed by atoms with E-state index in [9.17, 15) is 9.59 Å². The minimum Gasteiger partial charge on any atom is -0.323 e. The van der Waals surface area contributed by atoms with Gasteiger partial charge in [-0.25, -0.2) is 4.79 Å². The van der Waals surface area contributed by atoms with Crippen molar-refractivity contribution in [3.05, 3.63) is 12.2 Å². The summed E-state index contributed by atoms with van der Waals surface area (Å²) in [4.78, 5) is 21.8. The minimum atomic E-state index is -0.631. The number of hydrogen-bond acceptors (Lipinski definition) is 2. The van der Waals surface area contributed by atoms with Crippen molar-refractivity contribution in [3.63, 3.8) is 0 Å². The molecule has 3 amide bonds. The maximum absolute atomic E-state index is 11.1. The summed E-state index contributed by atoms with van der Waals surface area (Å²) in [5, 5.41) is 4.79. The first-order valence-electron chi connectivity index (χ1n) is 3.43. The summed E-state index contributed by atoms with van der Waals surface area (Å²) >= 11 is 0. The number of hydrogen-bond donors (Lipinski definition) is 2. The van der Waals surface area contributed by atoms with Crippen molar-refractivity contribution >= 4 is 11.9 Å². The lowest BCUT2D eigenvalue weighted by Crippen LogP contribution is -2.53. The molecule has 0 bridgehead atoms. The zero-order valence-electron chi connectivity index (χ0n) is 5.94. The van der Waals surface area contributed by atoms with Gasteiger partial charge in [-0.1, -0.05) is 12.2 Å². The van der Waals surface area contributed by atoms with E-state index in [2.05, 4.69) is 17.2 Å². The fraction of sp³-hybridized carbons (Fsp3) is 0.429. The Kier molecular flexibility index (Phi) is 0.952. The van der Waals surface area contributed by atoms with Crippen molar-refractivity contribution in [3.8, 4) is 0 Å². The Bertz CT molecular complexity index is 262. The molecule has 1 aliphatic heterocycles. The average molecular weight is 152 g/mol. The predicted octanol–water partition coefficient (Wildman–Crippen LogP) is -0.0854. The zero-order valence-corrected chi connectivity index (χ0v) is 5.94. The van der Waals surface area contributed by atoms with Crippen LogP contribution in [0.3, 0.4) is 0 Å². The first-order valence-corrected chi connectivity index (χ1v) is 3.43. The van der Waals surface area contributed by atoms with Crippen LogP contribution in [0.25, 0.3) is 0 Å². The van der Waals surface area contributed by atoms with Gasteiger partial charge in [-0.05, 0) is 0 Å². The van der Waals surface area contributed by atoms with Gasteiger partial charge in [0, 0.05) is 12.8 Å². The molecule has 2 fully saturated rings. The summed E-state index contributed by atoms with van der Waals surface area (Å²) in [5.41, 5.74) is 0.385. The third-order valence-corrected chi connectivity index (χ3v) is 2.12. The molecule has 2 N–H and O–H groups in total. The van der Waals surface area contributed by atoms with Gasteiger partial charge in [0.05, 0.1) is 0 Å². The highest BCUT2D eigenvalue weighted by atomic mass is 16.2. The maximum Gasteiger partial charge on any atom is 0.322 e. The first kappa shape index (κ1) is 6.39. The van der Waals surface area contributed by atoms with Crippen molar-refractivity contribution < 1.29 is 9.59 Å². The van der Waals surface area contributed by atoms with Crippen molar-refractivity contribution in [1.82, 2.24) is 10.6 Å². The van der Waals surface area contributed by atoms with Gasteiger partial charge >= 0.3 is 6.03 Å². The lowest BCUT2D eigenvalue weighted by Gasteiger charge is -2.36. The van der Waals surface area contributed by atoms with Crippen LogP contribution in [0.2, 0.25) is 0 Å².